The van der Waals surface area contributed by atoms with Crippen molar-refractivity contribution >= 4 is 22.8 Å². The lowest BCUT2D eigenvalue weighted by Gasteiger charge is -2.20. The summed E-state index contributed by atoms with van der Waals surface area (Å²) in [6, 6.07) is 5.38. The van der Waals surface area contributed by atoms with Gasteiger partial charge in [0.25, 0.3) is 5.91 Å². The minimum atomic E-state index is -1.08. The number of ether oxygens (including phenoxy) is 1. The highest BCUT2D eigenvalue weighted by atomic mass is 16.5. The molecule has 0 bridgehead atoms. The van der Waals surface area contributed by atoms with Gasteiger partial charge in [0.05, 0.1) is 0 Å². The van der Waals surface area contributed by atoms with Crippen LogP contribution < -0.4 is 15.7 Å². The molecule has 2 aromatic rings. The van der Waals surface area contributed by atoms with Gasteiger partial charge in [-0.1, -0.05) is 13.8 Å². The first-order chi connectivity index (χ1) is 12.2. The maximum absolute atomic E-state index is 12.2. The second kappa shape index (κ2) is 8.03. The molecule has 0 aliphatic rings. The summed E-state index contributed by atoms with van der Waals surface area (Å²) in [5.41, 5.74) is 0.686. The van der Waals surface area contributed by atoms with Gasteiger partial charge < -0.3 is 19.6 Å². The van der Waals surface area contributed by atoms with Crippen LogP contribution in [0.3, 0.4) is 0 Å². The van der Waals surface area contributed by atoms with Crippen molar-refractivity contribution in [2.45, 2.75) is 46.3 Å². The molecule has 1 aromatic heterocycles. The molecule has 1 aromatic carbocycles. The monoisotopic (exact) mass is 361 g/mol. The number of fused-ring (bicyclic) bond motifs is 1. The zero-order valence-electron chi connectivity index (χ0n) is 15.2. The van der Waals surface area contributed by atoms with Gasteiger partial charge in [-0.3, -0.25) is 4.79 Å². The molecule has 0 radical (unpaired) electrons. The Morgan fingerprint density at radius 3 is 2.54 bits per heavy atom. The number of carbonyl (C=O) groups is 2. The summed E-state index contributed by atoms with van der Waals surface area (Å²) >= 11 is 0. The summed E-state index contributed by atoms with van der Waals surface area (Å²) in [5, 5.41) is 12.5. The first kappa shape index (κ1) is 19.5. The van der Waals surface area contributed by atoms with E-state index in [1.165, 1.54) is 19.1 Å². The number of benzene rings is 1. The van der Waals surface area contributed by atoms with E-state index >= 15 is 0 Å². The molecule has 26 heavy (non-hydrogen) atoms. The summed E-state index contributed by atoms with van der Waals surface area (Å²) in [6.45, 7) is 7.09. The lowest BCUT2D eigenvalue weighted by molar-refractivity contribution is -0.143. The van der Waals surface area contributed by atoms with Gasteiger partial charge in [-0.15, -0.1) is 0 Å². The second-order valence-electron chi connectivity index (χ2n) is 6.70. The number of aryl methyl sites for hydroxylation is 1. The van der Waals surface area contributed by atoms with E-state index in [1.54, 1.807) is 19.1 Å². The predicted molar refractivity (Wildman–Crippen MR) is 96.3 cm³/mol. The van der Waals surface area contributed by atoms with E-state index in [9.17, 15) is 19.5 Å². The molecule has 7 heteroatoms. The van der Waals surface area contributed by atoms with Crippen LogP contribution in [-0.4, -0.2) is 29.1 Å². The number of carbonyl (C=O) groups excluding carboxylic acids is 1. The summed E-state index contributed by atoms with van der Waals surface area (Å²) < 4.78 is 10.7. The van der Waals surface area contributed by atoms with E-state index in [-0.39, 0.29) is 5.92 Å². The normalized spacial score (nSPS) is 13.4. The zero-order chi connectivity index (χ0) is 19.4. The summed E-state index contributed by atoms with van der Waals surface area (Å²) in [4.78, 5) is 35.0. The third-order valence-corrected chi connectivity index (χ3v) is 3.93. The van der Waals surface area contributed by atoms with E-state index in [2.05, 4.69) is 5.32 Å². The van der Waals surface area contributed by atoms with Crippen molar-refractivity contribution in [2.75, 3.05) is 0 Å². The number of aliphatic carboxylic acids is 1. The van der Waals surface area contributed by atoms with Crippen molar-refractivity contribution in [1.82, 2.24) is 5.32 Å². The first-order valence-electron chi connectivity index (χ1n) is 8.41. The van der Waals surface area contributed by atoms with Gasteiger partial charge in [0, 0.05) is 17.5 Å². The molecule has 2 N–H and O–H groups in total. The molecule has 1 amide bonds. The lowest BCUT2D eigenvalue weighted by Crippen LogP contribution is -2.46. The highest BCUT2D eigenvalue weighted by molar-refractivity contribution is 5.86. The summed E-state index contributed by atoms with van der Waals surface area (Å²) in [7, 11) is 0. The lowest BCUT2D eigenvalue weighted by atomic mass is 10.0. The van der Waals surface area contributed by atoms with Gasteiger partial charge in [0.15, 0.2) is 6.10 Å². The number of amides is 1. The fourth-order valence-corrected chi connectivity index (χ4v) is 2.62. The van der Waals surface area contributed by atoms with E-state index < -0.39 is 29.6 Å². The maximum Gasteiger partial charge on any atom is 0.336 e. The Bertz CT molecular complexity index is 870. The molecule has 7 nitrogen and oxygen atoms in total. The highest BCUT2D eigenvalue weighted by Gasteiger charge is 2.24. The van der Waals surface area contributed by atoms with E-state index in [1.807, 2.05) is 13.8 Å². The van der Waals surface area contributed by atoms with Gasteiger partial charge >= 0.3 is 11.6 Å². The third-order valence-electron chi connectivity index (χ3n) is 3.93. The second-order valence-corrected chi connectivity index (χ2v) is 6.70. The number of nitrogens with one attached hydrogen (secondary N) is 1. The Kier molecular flexibility index (Phi) is 6.02. The quantitative estimate of drug-likeness (QED) is 0.734. The standard InChI is InChI=1S/C19H23NO6/c1-10(2)7-15(19(23)24)20-18(22)12(4)25-13-5-6-14-11(3)8-17(21)26-16(14)9-13/h5-6,8-10,12,15H,7H2,1-4H3,(H,20,22)(H,23,24)/t12-,15-/m1/s1. The predicted octanol–water partition coefficient (Wildman–Crippen LogP) is 2.48. The number of rotatable bonds is 7. The van der Waals surface area contributed by atoms with Crippen LogP contribution >= 0.6 is 0 Å². The molecule has 2 atom stereocenters. The Morgan fingerprint density at radius 1 is 1.23 bits per heavy atom. The highest BCUT2D eigenvalue weighted by Crippen LogP contribution is 2.23. The van der Waals surface area contributed by atoms with E-state index in [4.69, 9.17) is 9.15 Å². The largest absolute Gasteiger partial charge is 0.481 e. The Balaban J connectivity index is 2.12. The van der Waals surface area contributed by atoms with Gasteiger partial charge in [-0.2, -0.15) is 0 Å². The number of carboxylic acids is 1. The summed E-state index contributed by atoms with van der Waals surface area (Å²) in [5.74, 6) is -1.13. The van der Waals surface area contributed by atoms with Crippen molar-refractivity contribution in [3.63, 3.8) is 0 Å². The van der Waals surface area contributed by atoms with E-state index in [0.29, 0.717) is 17.8 Å². The van der Waals surface area contributed by atoms with Crippen LogP contribution in [0.25, 0.3) is 11.0 Å². The van der Waals surface area contributed by atoms with Crippen LogP contribution in [-0.2, 0) is 9.59 Å². The van der Waals surface area contributed by atoms with Crippen LogP contribution in [0.15, 0.2) is 33.5 Å². The van der Waals surface area contributed by atoms with Gasteiger partial charge in [-0.25, -0.2) is 9.59 Å². The average molecular weight is 361 g/mol. The molecule has 0 aliphatic heterocycles. The van der Waals surface area contributed by atoms with Crippen molar-refractivity contribution in [3.05, 3.63) is 40.2 Å². The SMILES string of the molecule is Cc1cc(=O)oc2cc(O[C@H](C)C(=O)N[C@H](CC(C)C)C(=O)O)ccc12. The fourth-order valence-electron chi connectivity index (χ4n) is 2.62. The summed E-state index contributed by atoms with van der Waals surface area (Å²) in [6.07, 6.45) is -0.577. The van der Waals surface area contributed by atoms with Crippen LogP contribution in [0.1, 0.15) is 32.8 Å². The zero-order valence-corrected chi connectivity index (χ0v) is 15.2. The van der Waals surface area contributed by atoms with E-state index in [0.717, 1.165) is 10.9 Å². The number of hydrogen-bond acceptors (Lipinski definition) is 5. The third kappa shape index (κ3) is 4.84. The minimum Gasteiger partial charge on any atom is -0.481 e. The molecular weight excluding hydrogens is 338 g/mol. The van der Waals surface area contributed by atoms with Crippen molar-refractivity contribution in [2.24, 2.45) is 5.92 Å². The molecule has 0 saturated heterocycles. The molecule has 140 valence electrons. The Morgan fingerprint density at radius 2 is 1.92 bits per heavy atom. The van der Waals surface area contributed by atoms with Crippen LogP contribution in [0.2, 0.25) is 0 Å². The Hall–Kier alpha value is -2.83. The number of hydrogen-bond donors (Lipinski definition) is 2. The average Bonchev–Trinajstić information content (AvgIpc) is 2.52. The molecular formula is C19H23NO6. The number of carboxylic acid groups (broad SMARTS) is 1. The topological polar surface area (TPSA) is 106 Å². The van der Waals surface area contributed by atoms with Crippen LogP contribution in [0.5, 0.6) is 5.75 Å². The van der Waals surface area contributed by atoms with Gasteiger partial charge in [-0.05, 0) is 43.9 Å². The fraction of sp³-hybridized carbons (Fsp3) is 0.421. The van der Waals surface area contributed by atoms with Crippen molar-refractivity contribution in [1.29, 1.82) is 0 Å². The minimum absolute atomic E-state index is 0.124. The molecule has 0 unspecified atom stereocenters. The molecule has 0 spiro atoms. The van der Waals surface area contributed by atoms with Gasteiger partial charge in [0.1, 0.15) is 17.4 Å². The Labute approximate surface area is 151 Å². The van der Waals surface area contributed by atoms with Crippen molar-refractivity contribution in [3.8, 4) is 5.75 Å². The van der Waals surface area contributed by atoms with Crippen LogP contribution in [0, 0.1) is 12.8 Å². The molecule has 2 rings (SSSR count). The van der Waals surface area contributed by atoms with Gasteiger partial charge in [0.2, 0.25) is 0 Å². The van der Waals surface area contributed by atoms with Crippen molar-refractivity contribution < 1.29 is 23.8 Å². The molecule has 0 fully saturated rings. The molecule has 1 heterocycles. The first-order valence-corrected chi connectivity index (χ1v) is 8.41. The molecule has 0 saturated carbocycles. The molecule has 0 aliphatic carbocycles. The smallest absolute Gasteiger partial charge is 0.336 e. The van der Waals surface area contributed by atoms with Crippen LogP contribution in [0.4, 0.5) is 0 Å². The maximum atomic E-state index is 12.2.